The highest BCUT2D eigenvalue weighted by Crippen LogP contribution is 2.38. The first kappa shape index (κ1) is 21.8. The predicted molar refractivity (Wildman–Crippen MR) is 113 cm³/mol. The molecule has 4 rings (SSSR count). The highest BCUT2D eigenvalue weighted by atomic mass is 79.9. The monoisotopic (exact) mass is 515 g/mol. The normalized spacial score (nSPS) is 18.1. The summed E-state index contributed by atoms with van der Waals surface area (Å²) < 4.78 is 36.1. The molecule has 0 unspecified atom stereocenters. The van der Waals surface area contributed by atoms with Crippen LogP contribution in [0.25, 0.3) is 16.6 Å². The number of carboxylic acid groups (broad SMARTS) is 1. The molecule has 0 bridgehead atoms. The summed E-state index contributed by atoms with van der Waals surface area (Å²) in [7, 11) is 0. The molecule has 1 N–H and O–H groups in total. The molecule has 0 spiro atoms. The number of pyridine rings is 1. The van der Waals surface area contributed by atoms with Gasteiger partial charge >= 0.3 is 5.97 Å². The molecule has 12 heteroatoms. The number of rotatable bonds is 7. The van der Waals surface area contributed by atoms with E-state index in [9.17, 15) is 13.6 Å². The van der Waals surface area contributed by atoms with Crippen LogP contribution in [0.2, 0.25) is 5.02 Å². The number of halogens is 4. The van der Waals surface area contributed by atoms with Crippen LogP contribution in [0.1, 0.15) is 12.8 Å². The maximum absolute atomic E-state index is 14.3. The van der Waals surface area contributed by atoms with Crippen molar-refractivity contribution in [3.8, 4) is 5.69 Å². The Labute approximate surface area is 188 Å². The fraction of sp³-hybridized carbons (Fsp3) is 0.368. The van der Waals surface area contributed by atoms with Gasteiger partial charge in [0.05, 0.1) is 48.4 Å². The first-order valence-corrected chi connectivity index (χ1v) is 10.5. The number of hydrogen-bond acceptors (Lipinski definition) is 6. The standard InChI is InChI=1S/C19H17BrClF2N5O3/c20-13-4-15-12(3-14(13)21)16(28-10-24-9-25-28)5-17(26-15)27-8-19(22,23)6-11(27)7-31-2-1-18(29)30/h3-5,9-11H,1-2,6-8H2,(H,29,30)/t11-/m0/s1. The number of carboxylic acids is 1. The molecule has 1 aliphatic heterocycles. The van der Waals surface area contributed by atoms with E-state index in [1.165, 1.54) is 22.2 Å². The molecular formula is C19H17BrClF2N5O3. The Kier molecular flexibility index (Phi) is 6.09. The quantitative estimate of drug-likeness (QED) is 0.476. The largest absolute Gasteiger partial charge is 0.481 e. The van der Waals surface area contributed by atoms with Crippen molar-refractivity contribution in [2.75, 3.05) is 24.7 Å². The Morgan fingerprint density at radius 3 is 2.90 bits per heavy atom. The molecule has 8 nitrogen and oxygen atoms in total. The van der Waals surface area contributed by atoms with E-state index in [1.54, 1.807) is 18.2 Å². The van der Waals surface area contributed by atoms with Gasteiger partial charge in [-0.05, 0) is 28.1 Å². The van der Waals surface area contributed by atoms with Crippen LogP contribution in [0.3, 0.4) is 0 Å². The minimum absolute atomic E-state index is 0.0362. The average Bonchev–Trinajstić information content (AvgIpc) is 3.33. The van der Waals surface area contributed by atoms with Gasteiger partial charge in [-0.2, -0.15) is 5.10 Å². The van der Waals surface area contributed by atoms with Gasteiger partial charge in [0.1, 0.15) is 18.5 Å². The first-order chi connectivity index (χ1) is 14.7. The Morgan fingerprint density at radius 1 is 1.39 bits per heavy atom. The lowest BCUT2D eigenvalue weighted by Gasteiger charge is -2.26. The van der Waals surface area contributed by atoms with Crippen LogP contribution in [-0.4, -0.2) is 62.5 Å². The van der Waals surface area contributed by atoms with Gasteiger partial charge in [0, 0.05) is 22.3 Å². The SMILES string of the molecule is O=C(O)CCOC[C@@H]1CC(F)(F)CN1c1cc(-n2cncn2)c2cc(Cl)c(Br)cc2n1. The molecule has 3 heterocycles. The topological polar surface area (TPSA) is 93.4 Å². The lowest BCUT2D eigenvalue weighted by atomic mass is 10.1. The highest BCUT2D eigenvalue weighted by Gasteiger charge is 2.45. The second-order valence-electron chi connectivity index (χ2n) is 7.18. The van der Waals surface area contributed by atoms with Crippen molar-refractivity contribution in [1.82, 2.24) is 19.7 Å². The van der Waals surface area contributed by atoms with Gasteiger partial charge in [0.15, 0.2) is 0 Å². The Morgan fingerprint density at radius 2 is 2.19 bits per heavy atom. The minimum Gasteiger partial charge on any atom is -0.481 e. The van der Waals surface area contributed by atoms with Crippen LogP contribution in [-0.2, 0) is 9.53 Å². The van der Waals surface area contributed by atoms with E-state index in [2.05, 4.69) is 31.0 Å². The van der Waals surface area contributed by atoms with Crippen molar-refractivity contribution in [3.63, 3.8) is 0 Å². The summed E-state index contributed by atoms with van der Waals surface area (Å²) in [4.78, 5) is 20.7. The number of carbonyl (C=O) groups is 1. The number of ether oxygens (including phenoxy) is 1. The summed E-state index contributed by atoms with van der Waals surface area (Å²) in [6.07, 6.45) is 2.26. The fourth-order valence-electron chi connectivity index (χ4n) is 3.55. The van der Waals surface area contributed by atoms with Gasteiger partial charge < -0.3 is 14.7 Å². The summed E-state index contributed by atoms with van der Waals surface area (Å²) >= 11 is 9.63. The molecule has 3 aromatic rings. The molecule has 1 fully saturated rings. The van der Waals surface area contributed by atoms with Gasteiger partial charge in [-0.3, -0.25) is 4.79 Å². The summed E-state index contributed by atoms with van der Waals surface area (Å²) in [5, 5.41) is 14.0. The molecule has 1 aromatic carbocycles. The Hall–Kier alpha value is -2.37. The third-order valence-electron chi connectivity index (χ3n) is 4.92. The van der Waals surface area contributed by atoms with E-state index in [1.807, 2.05) is 0 Å². The molecule has 1 aliphatic rings. The lowest BCUT2D eigenvalue weighted by molar-refractivity contribution is -0.138. The van der Waals surface area contributed by atoms with Gasteiger partial charge in [-0.15, -0.1) is 0 Å². The van der Waals surface area contributed by atoms with Crippen LogP contribution in [0, 0.1) is 0 Å². The van der Waals surface area contributed by atoms with E-state index in [-0.39, 0.29) is 19.6 Å². The molecule has 1 atom stereocenters. The van der Waals surface area contributed by atoms with Crippen LogP contribution in [0.4, 0.5) is 14.6 Å². The minimum atomic E-state index is -2.93. The lowest BCUT2D eigenvalue weighted by Crippen LogP contribution is -2.34. The second-order valence-corrected chi connectivity index (χ2v) is 8.45. The van der Waals surface area contributed by atoms with E-state index < -0.39 is 30.9 Å². The van der Waals surface area contributed by atoms with Gasteiger partial charge in [-0.1, -0.05) is 11.6 Å². The van der Waals surface area contributed by atoms with Crippen molar-refractivity contribution in [1.29, 1.82) is 0 Å². The predicted octanol–water partition coefficient (Wildman–Crippen LogP) is 3.94. The van der Waals surface area contributed by atoms with E-state index in [4.69, 9.17) is 21.4 Å². The molecule has 0 amide bonds. The van der Waals surface area contributed by atoms with Crippen molar-refractivity contribution in [3.05, 3.63) is 40.3 Å². The molecular weight excluding hydrogens is 500 g/mol. The summed E-state index contributed by atoms with van der Waals surface area (Å²) in [5.74, 6) is -3.60. The second kappa shape index (κ2) is 8.64. The van der Waals surface area contributed by atoms with Gasteiger partial charge in [0.25, 0.3) is 5.92 Å². The van der Waals surface area contributed by atoms with Crippen LogP contribution < -0.4 is 4.90 Å². The third kappa shape index (κ3) is 4.78. The number of aliphatic carboxylic acids is 1. The summed E-state index contributed by atoms with van der Waals surface area (Å²) in [6.45, 7) is -0.609. The molecule has 2 aromatic heterocycles. The van der Waals surface area contributed by atoms with Crippen LogP contribution >= 0.6 is 27.5 Å². The van der Waals surface area contributed by atoms with Gasteiger partial charge in [-0.25, -0.2) is 23.4 Å². The van der Waals surface area contributed by atoms with Crippen molar-refractivity contribution >= 4 is 50.2 Å². The zero-order chi connectivity index (χ0) is 22.2. The molecule has 164 valence electrons. The fourth-order valence-corrected chi connectivity index (χ4v) is 4.05. The smallest absolute Gasteiger partial charge is 0.305 e. The van der Waals surface area contributed by atoms with E-state index >= 15 is 0 Å². The molecule has 31 heavy (non-hydrogen) atoms. The van der Waals surface area contributed by atoms with Gasteiger partial charge in [0.2, 0.25) is 0 Å². The zero-order valence-electron chi connectivity index (χ0n) is 16.0. The summed E-state index contributed by atoms with van der Waals surface area (Å²) in [5.41, 5.74) is 1.13. The number of benzene rings is 1. The Balaban J connectivity index is 1.73. The Bertz CT molecular complexity index is 1120. The molecule has 0 aliphatic carbocycles. The number of alkyl halides is 2. The summed E-state index contributed by atoms with van der Waals surface area (Å²) in [6, 6.07) is 4.44. The van der Waals surface area contributed by atoms with E-state index in [0.29, 0.717) is 31.9 Å². The van der Waals surface area contributed by atoms with Crippen LogP contribution in [0.5, 0.6) is 0 Å². The third-order valence-corrected chi connectivity index (χ3v) is 6.12. The number of anilines is 1. The molecule has 1 saturated heterocycles. The van der Waals surface area contributed by atoms with Crippen molar-refractivity contribution in [2.24, 2.45) is 0 Å². The number of aromatic nitrogens is 4. The zero-order valence-corrected chi connectivity index (χ0v) is 18.4. The highest BCUT2D eigenvalue weighted by molar-refractivity contribution is 9.10. The van der Waals surface area contributed by atoms with Crippen molar-refractivity contribution in [2.45, 2.75) is 24.8 Å². The molecule has 0 radical (unpaired) electrons. The number of nitrogens with zero attached hydrogens (tertiary/aromatic N) is 5. The average molecular weight is 517 g/mol. The van der Waals surface area contributed by atoms with Crippen molar-refractivity contribution < 1.29 is 23.4 Å². The van der Waals surface area contributed by atoms with Crippen LogP contribution in [0.15, 0.2) is 35.3 Å². The van der Waals surface area contributed by atoms with E-state index in [0.717, 1.165) is 0 Å². The first-order valence-electron chi connectivity index (χ1n) is 9.32. The number of fused-ring (bicyclic) bond motifs is 1. The maximum Gasteiger partial charge on any atom is 0.305 e. The maximum atomic E-state index is 14.3. The molecule has 0 saturated carbocycles. The number of hydrogen-bond donors (Lipinski definition) is 1.